The predicted octanol–water partition coefficient (Wildman–Crippen LogP) is 3.75. The van der Waals surface area contributed by atoms with Crippen LogP contribution >= 0.6 is 0 Å². The number of nitrogens with zero attached hydrogens (tertiary/aromatic N) is 1. The molecule has 0 spiro atoms. The molecule has 2 heteroatoms. The van der Waals surface area contributed by atoms with Crippen LogP contribution in [0.3, 0.4) is 0 Å². The lowest BCUT2D eigenvalue weighted by molar-refractivity contribution is 0.0812. The summed E-state index contributed by atoms with van der Waals surface area (Å²) in [5.41, 5.74) is 1.92. The summed E-state index contributed by atoms with van der Waals surface area (Å²) in [5.74, 6) is 0.853. The lowest BCUT2D eigenvalue weighted by Gasteiger charge is -2.27. The van der Waals surface area contributed by atoms with Gasteiger partial charge in [-0.05, 0) is 49.6 Å². The molecular formula is C17H23NO. The lowest BCUT2D eigenvalue weighted by Crippen LogP contribution is -2.23. The van der Waals surface area contributed by atoms with Crippen LogP contribution in [0.2, 0.25) is 0 Å². The van der Waals surface area contributed by atoms with Crippen molar-refractivity contribution in [1.82, 2.24) is 4.57 Å². The third kappa shape index (κ3) is 2.69. The Morgan fingerprint density at radius 2 is 2.05 bits per heavy atom. The molecule has 1 aromatic heterocycles. The average Bonchev–Trinajstić information content (AvgIpc) is 2.66. The number of benzene rings is 1. The maximum atomic E-state index is 10.1. The number of hydrogen-bond donors (Lipinski definition) is 1. The minimum Gasteiger partial charge on any atom is -0.390 e. The van der Waals surface area contributed by atoms with E-state index in [-0.39, 0.29) is 0 Å². The quantitative estimate of drug-likeness (QED) is 0.886. The van der Waals surface area contributed by atoms with Crippen molar-refractivity contribution in [3.8, 4) is 0 Å². The molecule has 1 N–H and O–H groups in total. The van der Waals surface area contributed by atoms with Crippen molar-refractivity contribution in [2.75, 3.05) is 0 Å². The van der Waals surface area contributed by atoms with E-state index in [4.69, 9.17) is 0 Å². The smallest absolute Gasteiger partial charge is 0.0632 e. The molecule has 0 amide bonds. The van der Waals surface area contributed by atoms with Gasteiger partial charge in [0.05, 0.1) is 11.1 Å². The van der Waals surface area contributed by atoms with Gasteiger partial charge in [0.1, 0.15) is 0 Å². The van der Waals surface area contributed by atoms with E-state index in [2.05, 4.69) is 35.0 Å². The van der Waals surface area contributed by atoms with Gasteiger partial charge < -0.3 is 9.67 Å². The van der Waals surface area contributed by atoms with Crippen molar-refractivity contribution in [3.63, 3.8) is 0 Å². The topological polar surface area (TPSA) is 25.2 Å². The zero-order valence-corrected chi connectivity index (χ0v) is 11.9. The molecule has 19 heavy (non-hydrogen) atoms. The van der Waals surface area contributed by atoms with Crippen molar-refractivity contribution in [3.05, 3.63) is 36.0 Å². The Labute approximate surface area is 115 Å². The van der Waals surface area contributed by atoms with Crippen LogP contribution in [0.15, 0.2) is 30.5 Å². The summed E-state index contributed by atoms with van der Waals surface area (Å²) in [4.78, 5) is 0. The fourth-order valence-electron chi connectivity index (χ4n) is 3.06. The van der Waals surface area contributed by atoms with Crippen LogP contribution in [0.25, 0.3) is 10.9 Å². The predicted molar refractivity (Wildman–Crippen MR) is 79.3 cm³/mol. The minimum atomic E-state index is -0.653. The highest BCUT2D eigenvalue weighted by atomic mass is 16.3. The van der Waals surface area contributed by atoms with Crippen molar-refractivity contribution < 1.29 is 5.11 Å². The van der Waals surface area contributed by atoms with Crippen molar-refractivity contribution in [2.24, 2.45) is 5.92 Å². The fraction of sp³-hybridized carbons (Fsp3) is 0.529. The molecule has 1 aromatic carbocycles. The molecular weight excluding hydrogens is 234 g/mol. The summed E-state index contributed by atoms with van der Waals surface area (Å²) in [7, 11) is 0. The fourth-order valence-corrected chi connectivity index (χ4v) is 3.06. The van der Waals surface area contributed by atoms with E-state index in [0.29, 0.717) is 6.42 Å². The van der Waals surface area contributed by atoms with Gasteiger partial charge >= 0.3 is 0 Å². The normalized spacial score (nSPS) is 16.8. The second kappa shape index (κ2) is 4.68. The van der Waals surface area contributed by atoms with Gasteiger partial charge in [-0.1, -0.05) is 24.6 Å². The number of rotatable bonds is 4. The Morgan fingerprint density at radius 3 is 2.68 bits per heavy atom. The Kier molecular flexibility index (Phi) is 3.14. The third-order valence-electron chi connectivity index (χ3n) is 4.17. The number of fused-ring (bicyclic) bond motifs is 1. The van der Waals surface area contributed by atoms with E-state index in [1.54, 1.807) is 0 Å². The highest BCUT2D eigenvalue weighted by Crippen LogP contribution is 2.31. The number of aromatic nitrogens is 1. The largest absolute Gasteiger partial charge is 0.390 e. The van der Waals surface area contributed by atoms with Crippen molar-refractivity contribution in [1.29, 1.82) is 0 Å². The molecule has 1 fully saturated rings. The zero-order valence-electron chi connectivity index (χ0n) is 11.9. The number of aliphatic hydroxyl groups is 1. The molecule has 0 aliphatic heterocycles. The molecule has 1 aliphatic carbocycles. The summed E-state index contributed by atoms with van der Waals surface area (Å²) in [6, 6.07) is 8.61. The summed E-state index contributed by atoms with van der Waals surface area (Å²) in [6.45, 7) is 4.89. The second-order valence-electron chi connectivity index (χ2n) is 6.61. The highest BCUT2D eigenvalue weighted by Gasteiger charge is 2.20. The minimum absolute atomic E-state index is 0.653. The lowest BCUT2D eigenvalue weighted by atomic mass is 9.85. The SMILES string of the molecule is CC(C)(O)Cc1cccc2ccn(CC3CCC3)c12. The molecule has 1 aliphatic rings. The number of para-hydroxylation sites is 1. The summed E-state index contributed by atoms with van der Waals surface area (Å²) >= 11 is 0. The van der Waals surface area contributed by atoms with Crippen LogP contribution in [0.1, 0.15) is 38.7 Å². The molecule has 0 bridgehead atoms. The molecule has 1 heterocycles. The first-order valence-corrected chi connectivity index (χ1v) is 7.32. The molecule has 2 nitrogen and oxygen atoms in total. The molecule has 0 saturated heterocycles. The highest BCUT2D eigenvalue weighted by molar-refractivity contribution is 5.83. The Balaban J connectivity index is 1.98. The molecule has 0 unspecified atom stereocenters. The van der Waals surface area contributed by atoms with E-state index in [0.717, 1.165) is 12.5 Å². The Bertz CT molecular complexity index is 572. The van der Waals surface area contributed by atoms with Gasteiger partial charge in [0.25, 0.3) is 0 Å². The van der Waals surface area contributed by atoms with Gasteiger partial charge in [-0.2, -0.15) is 0 Å². The molecule has 0 radical (unpaired) electrons. The average molecular weight is 257 g/mol. The second-order valence-corrected chi connectivity index (χ2v) is 6.61. The first-order chi connectivity index (χ1) is 9.03. The number of hydrogen-bond acceptors (Lipinski definition) is 1. The molecule has 102 valence electrons. The Hall–Kier alpha value is -1.28. The van der Waals surface area contributed by atoms with Crippen LogP contribution in [-0.2, 0) is 13.0 Å². The van der Waals surface area contributed by atoms with Gasteiger partial charge in [0.2, 0.25) is 0 Å². The van der Waals surface area contributed by atoms with Gasteiger partial charge in [0.15, 0.2) is 0 Å². The van der Waals surface area contributed by atoms with E-state index in [9.17, 15) is 5.11 Å². The zero-order chi connectivity index (χ0) is 13.5. The van der Waals surface area contributed by atoms with Crippen LogP contribution in [0, 0.1) is 5.92 Å². The summed E-state index contributed by atoms with van der Waals surface area (Å²) in [5, 5.41) is 11.4. The van der Waals surface area contributed by atoms with Gasteiger partial charge in [0, 0.05) is 19.2 Å². The maximum absolute atomic E-state index is 10.1. The summed E-state index contributed by atoms with van der Waals surface area (Å²) in [6.07, 6.45) is 7.04. The van der Waals surface area contributed by atoms with E-state index < -0.39 is 5.60 Å². The first-order valence-electron chi connectivity index (χ1n) is 7.32. The molecule has 2 aromatic rings. The maximum Gasteiger partial charge on any atom is 0.0632 e. The van der Waals surface area contributed by atoms with Gasteiger partial charge in [-0.25, -0.2) is 0 Å². The van der Waals surface area contributed by atoms with Crippen LogP contribution in [0.4, 0.5) is 0 Å². The standard InChI is InChI=1S/C17H23NO/c1-17(2,19)11-15-8-4-7-14-9-10-18(16(14)15)12-13-5-3-6-13/h4,7-10,13,19H,3,5-6,11-12H2,1-2H3. The van der Waals surface area contributed by atoms with E-state index in [1.807, 2.05) is 13.8 Å². The molecule has 3 rings (SSSR count). The molecule has 0 atom stereocenters. The van der Waals surface area contributed by atoms with Crippen LogP contribution in [0.5, 0.6) is 0 Å². The monoisotopic (exact) mass is 257 g/mol. The van der Waals surface area contributed by atoms with Crippen molar-refractivity contribution in [2.45, 2.75) is 51.7 Å². The van der Waals surface area contributed by atoms with Crippen molar-refractivity contribution >= 4 is 10.9 Å². The van der Waals surface area contributed by atoms with E-state index in [1.165, 1.54) is 35.7 Å². The van der Waals surface area contributed by atoms with Crippen LogP contribution in [-0.4, -0.2) is 15.3 Å². The van der Waals surface area contributed by atoms with Gasteiger partial charge in [-0.15, -0.1) is 0 Å². The van der Waals surface area contributed by atoms with Gasteiger partial charge in [-0.3, -0.25) is 0 Å². The third-order valence-corrected chi connectivity index (χ3v) is 4.17. The van der Waals surface area contributed by atoms with Crippen LogP contribution < -0.4 is 0 Å². The molecule has 1 saturated carbocycles. The summed E-state index contributed by atoms with van der Waals surface area (Å²) < 4.78 is 2.39. The Morgan fingerprint density at radius 1 is 1.26 bits per heavy atom. The first kappa shape index (κ1) is 12.7. The van der Waals surface area contributed by atoms with E-state index >= 15 is 0 Å².